The van der Waals surface area contributed by atoms with Crippen molar-refractivity contribution >= 4 is 34.2 Å². The largest absolute Gasteiger partial charge is 0.373 e. The smallest absolute Gasteiger partial charge is 0.135 e. The van der Waals surface area contributed by atoms with Gasteiger partial charge in [0.2, 0.25) is 0 Å². The van der Waals surface area contributed by atoms with Gasteiger partial charge in [-0.05, 0) is 106 Å². The van der Waals surface area contributed by atoms with E-state index in [1.165, 1.54) is 241 Å². The number of nitrogens with zero attached hydrogens (tertiary/aromatic N) is 4. The van der Waals surface area contributed by atoms with Gasteiger partial charge in [0, 0.05) is 50.1 Å². The molecule has 0 spiro atoms. The summed E-state index contributed by atoms with van der Waals surface area (Å²) in [4.78, 5) is 15.7. The van der Waals surface area contributed by atoms with Gasteiger partial charge in [-0.3, -0.25) is 4.99 Å². The Hall–Kier alpha value is -2.57. The maximum absolute atomic E-state index is 5.56. The van der Waals surface area contributed by atoms with Crippen molar-refractivity contribution in [3.05, 3.63) is 47.5 Å². The van der Waals surface area contributed by atoms with Crippen molar-refractivity contribution in [3.63, 3.8) is 0 Å². The quantitative estimate of drug-likeness (QED) is 0.0287. The monoisotopic (exact) mass is 1010 g/mol. The van der Waals surface area contributed by atoms with Crippen LogP contribution in [0.25, 0.3) is 0 Å². The first-order valence-corrected chi connectivity index (χ1v) is 30.3. The summed E-state index contributed by atoms with van der Waals surface area (Å²) in [6.07, 6.45) is 51.6. The maximum Gasteiger partial charge on any atom is 0.135 e. The molecule has 70 heavy (non-hydrogen) atoms. The third kappa shape index (κ3) is 31.8. The molecule has 0 amide bonds. The minimum absolute atomic E-state index is 0. The molecule has 0 aliphatic carbocycles. The van der Waals surface area contributed by atoms with E-state index in [2.05, 4.69) is 114 Å². The second kappa shape index (κ2) is 46.2. The molecule has 0 saturated heterocycles. The number of rotatable bonds is 45. The number of unbranched alkanes of at least 4 members (excludes halogenated alkanes) is 32. The Morgan fingerprint density at radius 1 is 0.400 bits per heavy atom. The van der Waals surface area contributed by atoms with Crippen molar-refractivity contribution in [1.82, 2.24) is 0 Å². The standard InChI is InChI=1S/C65H112N4.Ni/c1-9-15-19-21-23-25-27-28-29-30-31-32-33-34-35-36-37-39-41-42-46-50-62(66-60-53-52-58(48-44-17-11-3)59(56-60)49-45-18-12-4)63(51-47-43-40-38-26-24-22-20-16-10-2)67-61-54-55-64(68(7)13-5)65(57-61)69(8)14-6;/h52-57H,9-46,48-50H2,1-8H3;. The van der Waals surface area contributed by atoms with E-state index in [4.69, 9.17) is 9.98 Å². The van der Waals surface area contributed by atoms with Crippen LogP contribution in [0.2, 0.25) is 0 Å². The van der Waals surface area contributed by atoms with Gasteiger partial charge in [-0.2, -0.15) is 0 Å². The fourth-order valence-corrected chi connectivity index (χ4v) is 9.73. The average Bonchev–Trinajstić information content (AvgIpc) is 3.36. The Morgan fingerprint density at radius 2 is 0.786 bits per heavy atom. The molecule has 0 radical (unpaired) electrons. The summed E-state index contributed by atoms with van der Waals surface area (Å²) in [6.45, 7) is 15.6. The number of aryl methyl sites for hydroxylation is 2. The molecule has 0 saturated carbocycles. The molecule has 2 rings (SSSR count). The molecular formula is C65H112N4Ni. The topological polar surface area (TPSA) is 31.2 Å². The van der Waals surface area contributed by atoms with Crippen LogP contribution in [0.15, 0.2) is 46.4 Å². The molecule has 0 aliphatic heterocycles. The summed E-state index contributed by atoms with van der Waals surface area (Å²) in [6, 6.07) is 13.8. The predicted molar refractivity (Wildman–Crippen MR) is 314 cm³/mol. The number of hydrogen-bond acceptors (Lipinski definition) is 4. The molecule has 0 N–H and O–H groups in total. The first-order chi connectivity index (χ1) is 33.9. The summed E-state index contributed by atoms with van der Waals surface area (Å²) in [5.74, 6) is 7.32. The van der Waals surface area contributed by atoms with Crippen LogP contribution in [0.1, 0.15) is 290 Å². The molecule has 0 atom stereocenters. The first kappa shape index (κ1) is 65.4. The Kier molecular flexibility index (Phi) is 43.2. The molecule has 5 heteroatoms. The normalized spacial score (nSPS) is 11.7. The Balaban J connectivity index is 0.0000245. The zero-order valence-electron chi connectivity index (χ0n) is 47.6. The van der Waals surface area contributed by atoms with E-state index >= 15 is 0 Å². The summed E-state index contributed by atoms with van der Waals surface area (Å²) < 4.78 is 0. The minimum atomic E-state index is 0. The van der Waals surface area contributed by atoms with Crippen molar-refractivity contribution in [2.24, 2.45) is 9.98 Å². The average molecular weight is 1010 g/mol. The van der Waals surface area contributed by atoms with Gasteiger partial charge in [-0.1, -0.05) is 239 Å². The van der Waals surface area contributed by atoms with Crippen molar-refractivity contribution in [3.8, 4) is 11.8 Å². The SMILES string of the molecule is CCCCCCCCCCC#CC(=Nc1ccc(N(C)CC)c(N(C)CC)c1)C(CCCCCCCCCCCCCCCCCCCCCCC)=Nc1ccc(CCCCC)c(CCCCC)c1.[Ni]. The van der Waals surface area contributed by atoms with Gasteiger partial charge < -0.3 is 9.80 Å². The van der Waals surface area contributed by atoms with Gasteiger partial charge in [-0.15, -0.1) is 0 Å². The number of hydrogen-bond donors (Lipinski definition) is 0. The van der Waals surface area contributed by atoms with Crippen LogP contribution in [0, 0.1) is 11.8 Å². The van der Waals surface area contributed by atoms with Gasteiger partial charge in [0.1, 0.15) is 5.71 Å². The zero-order chi connectivity index (χ0) is 49.8. The molecule has 0 bridgehead atoms. The Morgan fingerprint density at radius 3 is 1.26 bits per heavy atom. The molecule has 0 unspecified atom stereocenters. The fraction of sp³-hybridized carbons (Fsp3) is 0.754. The molecular weight excluding hydrogens is 895 g/mol. The fourth-order valence-electron chi connectivity index (χ4n) is 9.73. The van der Waals surface area contributed by atoms with E-state index in [0.717, 1.165) is 68.0 Å². The molecule has 4 nitrogen and oxygen atoms in total. The van der Waals surface area contributed by atoms with E-state index in [9.17, 15) is 0 Å². The molecule has 2 aromatic carbocycles. The molecule has 402 valence electrons. The van der Waals surface area contributed by atoms with Crippen molar-refractivity contribution in [1.29, 1.82) is 0 Å². The predicted octanol–water partition coefficient (Wildman–Crippen LogP) is 21.0. The second-order valence-corrected chi connectivity index (χ2v) is 20.9. The maximum atomic E-state index is 5.56. The molecule has 0 fully saturated rings. The number of aliphatic imine (C=N–C) groups is 2. The summed E-state index contributed by atoms with van der Waals surface area (Å²) >= 11 is 0. The Bertz CT molecular complexity index is 1650. The van der Waals surface area contributed by atoms with Gasteiger partial charge in [0.05, 0.1) is 28.5 Å². The number of benzene rings is 2. The third-order valence-corrected chi connectivity index (χ3v) is 14.7. The van der Waals surface area contributed by atoms with E-state index in [-0.39, 0.29) is 16.5 Å². The van der Waals surface area contributed by atoms with E-state index in [0.29, 0.717) is 0 Å². The van der Waals surface area contributed by atoms with E-state index in [1.54, 1.807) is 0 Å². The Labute approximate surface area is 446 Å². The molecule has 0 heterocycles. The molecule has 0 aliphatic rings. The summed E-state index contributed by atoms with van der Waals surface area (Å²) in [5.41, 5.74) is 9.44. The van der Waals surface area contributed by atoms with Crippen LogP contribution in [0.3, 0.4) is 0 Å². The van der Waals surface area contributed by atoms with Crippen LogP contribution < -0.4 is 9.80 Å². The summed E-state index contributed by atoms with van der Waals surface area (Å²) in [7, 11) is 4.38. The molecule has 0 aromatic heterocycles. The van der Waals surface area contributed by atoms with Crippen molar-refractivity contribution < 1.29 is 16.5 Å². The van der Waals surface area contributed by atoms with Gasteiger partial charge in [0.25, 0.3) is 0 Å². The van der Waals surface area contributed by atoms with Crippen LogP contribution in [-0.4, -0.2) is 38.6 Å². The van der Waals surface area contributed by atoms with Gasteiger partial charge in [0.15, 0.2) is 0 Å². The van der Waals surface area contributed by atoms with Crippen molar-refractivity contribution in [2.45, 2.75) is 292 Å². The van der Waals surface area contributed by atoms with E-state index < -0.39 is 0 Å². The zero-order valence-corrected chi connectivity index (χ0v) is 48.5. The third-order valence-electron chi connectivity index (χ3n) is 14.7. The van der Waals surface area contributed by atoms with Crippen LogP contribution in [-0.2, 0) is 29.3 Å². The summed E-state index contributed by atoms with van der Waals surface area (Å²) in [5, 5.41) is 0. The number of anilines is 2. The molecule has 2 aromatic rings. The van der Waals surface area contributed by atoms with Crippen LogP contribution in [0.5, 0.6) is 0 Å². The minimum Gasteiger partial charge on any atom is -0.373 e. The van der Waals surface area contributed by atoms with Gasteiger partial charge >= 0.3 is 0 Å². The second-order valence-electron chi connectivity index (χ2n) is 20.9. The van der Waals surface area contributed by atoms with Crippen molar-refractivity contribution in [2.75, 3.05) is 37.0 Å². The van der Waals surface area contributed by atoms with Crippen LogP contribution >= 0.6 is 0 Å². The van der Waals surface area contributed by atoms with E-state index in [1.807, 2.05) is 0 Å². The van der Waals surface area contributed by atoms with Gasteiger partial charge in [-0.25, -0.2) is 4.99 Å². The van der Waals surface area contributed by atoms with Crippen LogP contribution in [0.4, 0.5) is 22.7 Å². The first-order valence-electron chi connectivity index (χ1n) is 30.3.